The number of carbonyl (C=O) groups is 1. The highest BCUT2D eigenvalue weighted by Gasteiger charge is 2.35. The Balaban J connectivity index is 1.40. The molecule has 0 spiro atoms. The molecule has 10 heteroatoms. The molecule has 0 bridgehead atoms. The zero-order valence-corrected chi connectivity index (χ0v) is 20.6. The SMILES string of the molecule is Cc1cccc(-n2cc3c(n2)CN(C(=O)c2cc(S(C)(=O)=O)ccc2OCC2(C)COC2)C3)c1F. The highest BCUT2D eigenvalue weighted by Crippen LogP contribution is 2.32. The van der Waals surface area contributed by atoms with E-state index in [1.165, 1.54) is 22.9 Å². The third-order valence-electron chi connectivity index (χ3n) is 6.37. The number of carbonyl (C=O) groups excluding carboxylic acids is 1. The van der Waals surface area contributed by atoms with Gasteiger partial charge in [-0.3, -0.25) is 4.79 Å². The van der Waals surface area contributed by atoms with E-state index in [-0.39, 0.29) is 40.7 Å². The molecular formula is C25H26FN3O5S. The summed E-state index contributed by atoms with van der Waals surface area (Å²) in [5.74, 6) is -0.370. The first-order valence-corrected chi connectivity index (χ1v) is 13.1. The molecule has 35 heavy (non-hydrogen) atoms. The van der Waals surface area contributed by atoms with Crippen molar-refractivity contribution in [2.75, 3.05) is 26.1 Å². The summed E-state index contributed by atoms with van der Waals surface area (Å²) in [5, 5.41) is 4.50. The average Bonchev–Trinajstić information content (AvgIpc) is 3.36. The monoisotopic (exact) mass is 499 g/mol. The molecule has 1 aromatic heterocycles. The van der Waals surface area contributed by atoms with Crippen molar-refractivity contribution in [1.82, 2.24) is 14.7 Å². The molecule has 0 unspecified atom stereocenters. The lowest BCUT2D eigenvalue weighted by Crippen LogP contribution is -2.44. The van der Waals surface area contributed by atoms with Crippen LogP contribution < -0.4 is 4.74 Å². The number of halogens is 1. The van der Waals surface area contributed by atoms with Crippen LogP contribution in [0.5, 0.6) is 5.75 Å². The second kappa shape index (κ2) is 8.46. The van der Waals surface area contributed by atoms with Crippen LogP contribution in [0.2, 0.25) is 0 Å². The predicted molar refractivity (Wildman–Crippen MR) is 126 cm³/mol. The zero-order chi connectivity index (χ0) is 25.0. The van der Waals surface area contributed by atoms with Gasteiger partial charge in [0.25, 0.3) is 5.91 Å². The maximum absolute atomic E-state index is 14.5. The summed E-state index contributed by atoms with van der Waals surface area (Å²) < 4.78 is 51.6. The minimum absolute atomic E-state index is 0.0448. The molecule has 2 aliphatic rings. The predicted octanol–water partition coefficient (Wildman–Crippen LogP) is 3.29. The van der Waals surface area contributed by atoms with Gasteiger partial charge in [0.1, 0.15) is 11.4 Å². The lowest BCUT2D eigenvalue weighted by Gasteiger charge is -2.37. The summed E-state index contributed by atoms with van der Waals surface area (Å²) in [6.07, 6.45) is 2.82. The fourth-order valence-corrected chi connectivity index (χ4v) is 4.86. The third-order valence-corrected chi connectivity index (χ3v) is 7.48. The van der Waals surface area contributed by atoms with Crippen LogP contribution in [0.3, 0.4) is 0 Å². The van der Waals surface area contributed by atoms with Crippen molar-refractivity contribution in [2.24, 2.45) is 5.41 Å². The van der Waals surface area contributed by atoms with Gasteiger partial charge in [0, 0.05) is 30.0 Å². The Morgan fingerprint density at radius 3 is 2.66 bits per heavy atom. The number of benzene rings is 2. The second-order valence-corrected chi connectivity index (χ2v) is 11.7. The number of ether oxygens (including phenoxy) is 2. The van der Waals surface area contributed by atoms with Crippen molar-refractivity contribution in [3.8, 4) is 11.4 Å². The second-order valence-electron chi connectivity index (χ2n) is 9.64. The highest BCUT2D eigenvalue weighted by atomic mass is 32.2. The van der Waals surface area contributed by atoms with E-state index < -0.39 is 9.84 Å². The smallest absolute Gasteiger partial charge is 0.258 e. The van der Waals surface area contributed by atoms with Crippen molar-refractivity contribution >= 4 is 15.7 Å². The number of aryl methyl sites for hydroxylation is 1. The van der Waals surface area contributed by atoms with E-state index in [4.69, 9.17) is 9.47 Å². The van der Waals surface area contributed by atoms with Crippen LogP contribution in [0.1, 0.15) is 34.1 Å². The van der Waals surface area contributed by atoms with Crippen LogP contribution >= 0.6 is 0 Å². The van der Waals surface area contributed by atoms with Gasteiger partial charge in [-0.1, -0.05) is 19.1 Å². The summed E-state index contributed by atoms with van der Waals surface area (Å²) in [6, 6.07) is 9.46. The van der Waals surface area contributed by atoms with Crippen LogP contribution in [0, 0.1) is 18.2 Å². The fourth-order valence-electron chi connectivity index (χ4n) is 4.22. The number of hydrogen-bond acceptors (Lipinski definition) is 6. The van der Waals surface area contributed by atoms with E-state index >= 15 is 0 Å². The quantitative estimate of drug-likeness (QED) is 0.517. The van der Waals surface area contributed by atoms with E-state index in [2.05, 4.69) is 5.10 Å². The number of nitrogens with zero attached hydrogens (tertiary/aromatic N) is 3. The summed E-state index contributed by atoms with van der Waals surface area (Å²) in [5.41, 5.74) is 2.38. The van der Waals surface area contributed by atoms with Gasteiger partial charge in [0.05, 0.1) is 42.5 Å². The molecule has 5 rings (SSSR count). The summed E-state index contributed by atoms with van der Waals surface area (Å²) >= 11 is 0. The van der Waals surface area contributed by atoms with E-state index in [0.29, 0.717) is 42.5 Å². The molecule has 1 fully saturated rings. The van der Waals surface area contributed by atoms with Crippen LogP contribution in [0.25, 0.3) is 5.69 Å². The number of amides is 1. The first-order valence-electron chi connectivity index (χ1n) is 11.2. The highest BCUT2D eigenvalue weighted by molar-refractivity contribution is 7.90. The van der Waals surface area contributed by atoms with Gasteiger partial charge >= 0.3 is 0 Å². The summed E-state index contributed by atoms with van der Waals surface area (Å²) in [6.45, 7) is 5.70. The van der Waals surface area contributed by atoms with Crippen molar-refractivity contribution in [2.45, 2.75) is 31.8 Å². The molecule has 0 radical (unpaired) electrons. The molecule has 8 nitrogen and oxygen atoms in total. The lowest BCUT2D eigenvalue weighted by atomic mass is 9.90. The van der Waals surface area contributed by atoms with Gasteiger partial charge in [0.15, 0.2) is 15.7 Å². The van der Waals surface area contributed by atoms with Crippen LogP contribution in [-0.2, 0) is 27.7 Å². The number of aromatic nitrogens is 2. The standard InChI is InChI=1S/C25H26FN3O5S/c1-16-5-4-6-21(23(16)26)29-11-17-10-28(12-20(17)27-29)24(30)19-9-18(35(3,31)32)7-8-22(19)34-15-25(2)13-33-14-25/h4-9,11H,10,12-15H2,1-3H3. The Bertz CT molecular complexity index is 1410. The van der Waals surface area contributed by atoms with Crippen LogP contribution in [-0.4, -0.2) is 55.1 Å². The van der Waals surface area contributed by atoms with E-state index in [1.54, 1.807) is 36.2 Å². The molecule has 1 saturated heterocycles. The van der Waals surface area contributed by atoms with E-state index in [1.807, 2.05) is 6.92 Å². The Morgan fingerprint density at radius 2 is 2.00 bits per heavy atom. The van der Waals surface area contributed by atoms with Gasteiger partial charge in [0.2, 0.25) is 0 Å². The Hall–Kier alpha value is -3.24. The maximum Gasteiger partial charge on any atom is 0.258 e. The van der Waals surface area contributed by atoms with E-state index in [0.717, 1.165) is 11.8 Å². The molecule has 184 valence electrons. The Morgan fingerprint density at radius 1 is 1.23 bits per heavy atom. The fraction of sp³-hybridized carbons (Fsp3) is 0.360. The van der Waals surface area contributed by atoms with Crippen molar-refractivity contribution in [3.63, 3.8) is 0 Å². The van der Waals surface area contributed by atoms with E-state index in [9.17, 15) is 17.6 Å². The topological polar surface area (TPSA) is 90.7 Å². The van der Waals surface area contributed by atoms with Gasteiger partial charge in [-0.2, -0.15) is 5.10 Å². The number of fused-ring (bicyclic) bond motifs is 1. The molecule has 0 atom stereocenters. The molecule has 3 heterocycles. The number of sulfone groups is 1. The van der Waals surface area contributed by atoms with Gasteiger partial charge in [-0.15, -0.1) is 0 Å². The normalized spacial score (nSPS) is 16.6. The van der Waals surface area contributed by atoms with Crippen molar-refractivity contribution < 1.29 is 27.1 Å². The van der Waals surface area contributed by atoms with Gasteiger partial charge in [-0.25, -0.2) is 17.5 Å². The number of hydrogen-bond donors (Lipinski definition) is 0. The number of rotatable bonds is 6. The largest absolute Gasteiger partial charge is 0.492 e. The zero-order valence-electron chi connectivity index (χ0n) is 19.7. The molecule has 3 aromatic rings. The minimum Gasteiger partial charge on any atom is -0.492 e. The molecule has 2 aromatic carbocycles. The van der Waals surface area contributed by atoms with Gasteiger partial charge < -0.3 is 14.4 Å². The first kappa shape index (κ1) is 23.5. The summed E-state index contributed by atoms with van der Waals surface area (Å²) in [7, 11) is -3.52. The molecule has 0 saturated carbocycles. The Labute approximate surface area is 203 Å². The van der Waals surface area contributed by atoms with Crippen molar-refractivity contribution in [3.05, 3.63) is 70.8 Å². The average molecular weight is 500 g/mol. The van der Waals surface area contributed by atoms with Crippen LogP contribution in [0.15, 0.2) is 47.5 Å². The molecule has 0 aliphatic carbocycles. The summed E-state index contributed by atoms with van der Waals surface area (Å²) in [4.78, 5) is 15.1. The van der Waals surface area contributed by atoms with Crippen LogP contribution in [0.4, 0.5) is 4.39 Å². The Kier molecular flexibility index (Phi) is 5.68. The first-order chi connectivity index (χ1) is 16.5. The molecule has 1 amide bonds. The van der Waals surface area contributed by atoms with Crippen molar-refractivity contribution in [1.29, 1.82) is 0 Å². The molecular weight excluding hydrogens is 473 g/mol. The lowest BCUT2D eigenvalue weighted by molar-refractivity contribution is -0.120. The molecule has 2 aliphatic heterocycles. The maximum atomic E-state index is 14.5. The van der Waals surface area contributed by atoms with Gasteiger partial charge in [-0.05, 0) is 36.8 Å². The minimum atomic E-state index is -3.52. The molecule has 0 N–H and O–H groups in total. The third kappa shape index (κ3) is 4.43.